The van der Waals surface area contributed by atoms with Gasteiger partial charge in [0.05, 0.1) is 12.6 Å². The fourth-order valence-corrected chi connectivity index (χ4v) is 0.852. The molecule has 0 aromatic heterocycles. The lowest BCUT2D eigenvalue weighted by Gasteiger charge is -2.10. The first-order valence-electron chi connectivity index (χ1n) is 2.76. The van der Waals surface area contributed by atoms with E-state index in [1.807, 2.05) is 0 Å². The maximum atomic E-state index is 12.3. The average molecular weight is 129 g/mol. The van der Waals surface area contributed by atoms with Crippen molar-refractivity contribution in [1.82, 2.24) is 4.90 Å². The number of carbonyl (C=O) groups excluding carboxylic acids is 1. The molecule has 0 radical (unpaired) electrons. The highest BCUT2D eigenvalue weighted by atomic mass is 19.1. The molecule has 1 rings (SSSR count). The quantitative estimate of drug-likeness (QED) is 0.476. The molecular weight excluding hydrogens is 121 g/mol. The van der Waals surface area contributed by atoms with Gasteiger partial charge in [0.2, 0.25) is 0 Å². The molecule has 9 heavy (non-hydrogen) atoms. The molecule has 0 N–H and O–H groups in total. The second-order valence-electron chi connectivity index (χ2n) is 2.16. The van der Waals surface area contributed by atoms with Gasteiger partial charge in [-0.25, -0.2) is 4.39 Å². The van der Waals surface area contributed by atoms with Crippen molar-refractivity contribution < 1.29 is 9.18 Å². The second-order valence-corrected chi connectivity index (χ2v) is 2.16. The minimum Gasteiger partial charge on any atom is -0.301 e. The molecule has 0 bridgehead atoms. The van der Waals surface area contributed by atoms with Crippen LogP contribution in [0.4, 0.5) is 4.39 Å². The second kappa shape index (κ2) is 2.27. The molecular formula is C6H8FNO. The summed E-state index contributed by atoms with van der Waals surface area (Å²) < 4.78 is 12.3. The molecule has 0 saturated carbocycles. The number of hydrogen-bond donors (Lipinski definition) is 0. The van der Waals surface area contributed by atoms with E-state index in [9.17, 15) is 9.18 Å². The van der Waals surface area contributed by atoms with E-state index in [0.717, 1.165) is 6.29 Å². The largest absolute Gasteiger partial charge is 0.301 e. The van der Waals surface area contributed by atoms with Crippen LogP contribution in [-0.2, 0) is 4.79 Å². The Morgan fingerprint density at radius 1 is 2.00 bits per heavy atom. The first-order chi connectivity index (χ1) is 4.24. The number of carbonyl (C=O) groups is 1. The number of likely N-dealkylation sites (N-methyl/N-ethyl adjacent to an activating group) is 1. The maximum Gasteiger partial charge on any atom is 0.141 e. The zero-order valence-electron chi connectivity index (χ0n) is 5.17. The number of aldehydes is 1. The Morgan fingerprint density at radius 2 is 2.67 bits per heavy atom. The molecule has 50 valence electrons. The highest BCUT2D eigenvalue weighted by Crippen LogP contribution is 2.12. The summed E-state index contributed by atoms with van der Waals surface area (Å²) in [6.07, 6.45) is 2.06. The van der Waals surface area contributed by atoms with Crippen LogP contribution in [0.5, 0.6) is 0 Å². The smallest absolute Gasteiger partial charge is 0.141 e. The van der Waals surface area contributed by atoms with Gasteiger partial charge in [0.25, 0.3) is 0 Å². The van der Waals surface area contributed by atoms with E-state index >= 15 is 0 Å². The van der Waals surface area contributed by atoms with Gasteiger partial charge in [-0.2, -0.15) is 0 Å². The SMILES string of the molecule is CN1CC(F)=C[C@H]1C=O. The monoisotopic (exact) mass is 129 g/mol. The van der Waals surface area contributed by atoms with Crippen LogP contribution >= 0.6 is 0 Å². The van der Waals surface area contributed by atoms with Crippen LogP contribution < -0.4 is 0 Å². The van der Waals surface area contributed by atoms with Crippen molar-refractivity contribution in [2.75, 3.05) is 13.6 Å². The molecule has 0 aromatic carbocycles. The van der Waals surface area contributed by atoms with E-state index in [1.165, 1.54) is 6.08 Å². The molecule has 1 atom stereocenters. The predicted octanol–water partition coefficient (Wildman–Crippen LogP) is 0.353. The lowest BCUT2D eigenvalue weighted by atomic mass is 10.3. The van der Waals surface area contributed by atoms with E-state index in [0.29, 0.717) is 0 Å². The Labute approximate surface area is 53.0 Å². The van der Waals surface area contributed by atoms with Gasteiger partial charge in [-0.05, 0) is 13.1 Å². The highest BCUT2D eigenvalue weighted by molar-refractivity contribution is 5.62. The summed E-state index contributed by atoms with van der Waals surface area (Å²) in [6, 6.07) is -0.343. The number of hydrogen-bond acceptors (Lipinski definition) is 2. The zero-order valence-corrected chi connectivity index (χ0v) is 5.17. The van der Waals surface area contributed by atoms with Gasteiger partial charge >= 0.3 is 0 Å². The molecule has 1 aliphatic rings. The van der Waals surface area contributed by atoms with Crippen molar-refractivity contribution >= 4 is 6.29 Å². The maximum absolute atomic E-state index is 12.3. The van der Waals surface area contributed by atoms with E-state index in [1.54, 1.807) is 11.9 Å². The van der Waals surface area contributed by atoms with Crippen LogP contribution in [0.15, 0.2) is 11.9 Å². The Kier molecular flexibility index (Phi) is 1.62. The zero-order chi connectivity index (χ0) is 6.85. The van der Waals surface area contributed by atoms with Crippen LogP contribution in [-0.4, -0.2) is 30.8 Å². The summed E-state index contributed by atoms with van der Waals surface area (Å²) in [5, 5.41) is 0. The van der Waals surface area contributed by atoms with Gasteiger partial charge < -0.3 is 4.79 Å². The fourth-order valence-electron chi connectivity index (χ4n) is 0.852. The molecule has 2 nitrogen and oxygen atoms in total. The minimum atomic E-state index is -0.343. The number of rotatable bonds is 1. The Balaban J connectivity index is 2.63. The van der Waals surface area contributed by atoms with Gasteiger partial charge in [-0.3, -0.25) is 4.90 Å². The first-order valence-corrected chi connectivity index (χ1v) is 2.76. The molecule has 0 unspecified atom stereocenters. The predicted molar refractivity (Wildman–Crippen MR) is 31.7 cm³/mol. The van der Waals surface area contributed by atoms with Crippen LogP contribution in [0.2, 0.25) is 0 Å². The number of nitrogens with zero attached hydrogens (tertiary/aromatic N) is 1. The summed E-state index contributed by atoms with van der Waals surface area (Å²) >= 11 is 0. The summed E-state index contributed by atoms with van der Waals surface area (Å²) in [4.78, 5) is 11.8. The summed E-state index contributed by atoms with van der Waals surface area (Å²) in [5.74, 6) is -0.213. The summed E-state index contributed by atoms with van der Waals surface area (Å²) in [6.45, 7) is 0.267. The molecule has 1 aliphatic heterocycles. The third-order valence-corrected chi connectivity index (χ3v) is 1.40. The van der Waals surface area contributed by atoms with Gasteiger partial charge in [-0.1, -0.05) is 0 Å². The van der Waals surface area contributed by atoms with E-state index in [4.69, 9.17) is 0 Å². The van der Waals surface area contributed by atoms with Gasteiger partial charge in [0, 0.05) is 0 Å². The fraction of sp³-hybridized carbons (Fsp3) is 0.500. The van der Waals surface area contributed by atoms with Crippen molar-refractivity contribution in [1.29, 1.82) is 0 Å². The van der Waals surface area contributed by atoms with Crippen LogP contribution in [0.1, 0.15) is 0 Å². The first kappa shape index (κ1) is 6.42. The standard InChI is InChI=1S/C6H8FNO/c1-8-3-5(7)2-6(8)4-9/h2,4,6H,3H2,1H3/t6-/m0/s1. The van der Waals surface area contributed by atoms with Gasteiger partial charge in [0.1, 0.15) is 12.1 Å². The van der Waals surface area contributed by atoms with Gasteiger partial charge in [-0.15, -0.1) is 0 Å². The Bertz CT molecular complexity index is 155. The highest BCUT2D eigenvalue weighted by Gasteiger charge is 2.19. The van der Waals surface area contributed by atoms with Crippen LogP contribution in [0, 0.1) is 0 Å². The van der Waals surface area contributed by atoms with Crippen molar-refractivity contribution in [3.8, 4) is 0 Å². The van der Waals surface area contributed by atoms with Crippen molar-refractivity contribution in [2.45, 2.75) is 6.04 Å². The molecule has 0 saturated heterocycles. The van der Waals surface area contributed by atoms with Crippen molar-refractivity contribution in [3.05, 3.63) is 11.9 Å². The van der Waals surface area contributed by atoms with Crippen LogP contribution in [0.3, 0.4) is 0 Å². The van der Waals surface area contributed by atoms with E-state index in [2.05, 4.69) is 0 Å². The third kappa shape index (κ3) is 1.16. The lowest BCUT2D eigenvalue weighted by molar-refractivity contribution is -0.110. The molecule has 0 fully saturated rings. The number of halogens is 1. The Morgan fingerprint density at radius 3 is 2.89 bits per heavy atom. The van der Waals surface area contributed by atoms with Gasteiger partial charge in [0.15, 0.2) is 0 Å². The average Bonchev–Trinajstić information content (AvgIpc) is 2.10. The third-order valence-electron chi connectivity index (χ3n) is 1.40. The summed E-state index contributed by atoms with van der Waals surface area (Å²) in [5.41, 5.74) is 0. The lowest BCUT2D eigenvalue weighted by Crippen LogP contribution is -2.26. The normalized spacial score (nSPS) is 28.2. The van der Waals surface area contributed by atoms with Crippen molar-refractivity contribution in [2.24, 2.45) is 0 Å². The minimum absolute atomic E-state index is 0.213. The summed E-state index contributed by atoms with van der Waals surface area (Å²) in [7, 11) is 1.71. The molecule has 0 aliphatic carbocycles. The molecule has 0 spiro atoms. The molecule has 1 heterocycles. The molecule has 0 amide bonds. The van der Waals surface area contributed by atoms with E-state index < -0.39 is 0 Å². The van der Waals surface area contributed by atoms with Crippen molar-refractivity contribution in [3.63, 3.8) is 0 Å². The molecule has 0 aromatic rings. The van der Waals surface area contributed by atoms with E-state index in [-0.39, 0.29) is 18.4 Å². The topological polar surface area (TPSA) is 20.3 Å². The Hall–Kier alpha value is -0.700. The van der Waals surface area contributed by atoms with Crippen LogP contribution in [0.25, 0.3) is 0 Å². The molecule has 3 heteroatoms.